The van der Waals surface area contributed by atoms with Crippen LogP contribution in [0.3, 0.4) is 0 Å². The van der Waals surface area contributed by atoms with Crippen molar-refractivity contribution in [2.24, 2.45) is 0 Å². The summed E-state index contributed by atoms with van der Waals surface area (Å²) in [5.41, 5.74) is 4.25. The summed E-state index contributed by atoms with van der Waals surface area (Å²) in [4.78, 5) is 19.5. The maximum Gasteiger partial charge on any atom is 0.237 e. The fourth-order valence-electron chi connectivity index (χ4n) is 3.80. The van der Waals surface area contributed by atoms with E-state index in [9.17, 15) is 4.79 Å². The number of carbonyl (C=O) groups excluding carboxylic acids is 1. The predicted octanol–water partition coefficient (Wildman–Crippen LogP) is 4.84. The van der Waals surface area contributed by atoms with Gasteiger partial charge in [-0.3, -0.25) is 9.36 Å². The second-order valence-corrected chi connectivity index (χ2v) is 9.37. The molecule has 0 unspecified atom stereocenters. The van der Waals surface area contributed by atoms with E-state index in [1.54, 1.807) is 23.7 Å². The number of furan rings is 1. The van der Waals surface area contributed by atoms with E-state index in [1.807, 2.05) is 40.7 Å². The average Bonchev–Trinajstić information content (AvgIpc) is 3.58. The lowest BCUT2D eigenvalue weighted by atomic mass is 10.1. The van der Waals surface area contributed by atoms with Gasteiger partial charge in [-0.2, -0.15) is 0 Å². The zero-order chi connectivity index (χ0) is 22.1. The largest absolute Gasteiger partial charge is 0.461 e. The van der Waals surface area contributed by atoms with Crippen molar-refractivity contribution in [3.05, 3.63) is 65.2 Å². The lowest BCUT2D eigenvalue weighted by Gasteiger charge is -2.17. The van der Waals surface area contributed by atoms with Gasteiger partial charge in [-0.15, -0.1) is 28.1 Å². The molecule has 162 valence electrons. The maximum atomic E-state index is 13.0. The van der Waals surface area contributed by atoms with Crippen LogP contribution in [-0.4, -0.2) is 38.0 Å². The Hall–Kier alpha value is -3.17. The van der Waals surface area contributed by atoms with Gasteiger partial charge < -0.3 is 9.32 Å². The quantitative estimate of drug-likeness (QED) is 0.288. The number of fused-ring (bicyclic) bond motifs is 1. The van der Waals surface area contributed by atoms with Crippen molar-refractivity contribution < 1.29 is 9.21 Å². The average molecular weight is 464 g/mol. The van der Waals surface area contributed by atoms with E-state index in [-0.39, 0.29) is 11.7 Å². The van der Waals surface area contributed by atoms with E-state index < -0.39 is 0 Å². The van der Waals surface area contributed by atoms with Gasteiger partial charge in [0, 0.05) is 29.7 Å². The van der Waals surface area contributed by atoms with Gasteiger partial charge in [0.25, 0.3) is 0 Å². The minimum absolute atomic E-state index is 0.0544. The highest BCUT2D eigenvalue weighted by atomic mass is 32.2. The van der Waals surface area contributed by atoms with Gasteiger partial charge in [-0.05, 0) is 43.2 Å². The van der Waals surface area contributed by atoms with E-state index in [2.05, 4.69) is 33.2 Å². The van der Waals surface area contributed by atoms with Crippen LogP contribution in [0.2, 0.25) is 0 Å². The molecule has 0 radical (unpaired) electrons. The van der Waals surface area contributed by atoms with Gasteiger partial charge in [-0.1, -0.05) is 23.9 Å². The Bertz CT molecular complexity index is 1280. The minimum atomic E-state index is 0.0544. The molecule has 0 saturated heterocycles. The third-order valence-electron chi connectivity index (χ3n) is 5.29. The van der Waals surface area contributed by atoms with E-state index in [0.717, 1.165) is 28.4 Å². The molecule has 32 heavy (non-hydrogen) atoms. The Morgan fingerprint density at radius 1 is 1.34 bits per heavy atom. The third kappa shape index (κ3) is 3.89. The molecule has 1 aromatic carbocycles. The van der Waals surface area contributed by atoms with Gasteiger partial charge >= 0.3 is 0 Å². The first-order valence-electron chi connectivity index (χ1n) is 10.2. The molecule has 0 N–H and O–H groups in total. The van der Waals surface area contributed by atoms with Crippen LogP contribution >= 0.6 is 23.1 Å². The second kappa shape index (κ2) is 8.76. The molecule has 0 spiro atoms. The number of nitrogens with zero attached hydrogens (tertiary/aromatic N) is 5. The molecule has 0 atom stereocenters. The monoisotopic (exact) mass is 463 g/mol. The molecular weight excluding hydrogens is 442 g/mol. The summed E-state index contributed by atoms with van der Waals surface area (Å²) in [6.07, 6.45) is 4.22. The highest BCUT2D eigenvalue weighted by Crippen LogP contribution is 2.33. The molecular formula is C23H21N5O2S2. The second-order valence-electron chi connectivity index (χ2n) is 7.36. The fraction of sp³-hybridized carbons (Fsp3) is 0.217. The molecule has 5 rings (SSSR count). The van der Waals surface area contributed by atoms with Crippen molar-refractivity contribution >= 4 is 34.7 Å². The molecule has 0 saturated carbocycles. The molecule has 7 nitrogen and oxygen atoms in total. The van der Waals surface area contributed by atoms with Crippen LogP contribution in [0, 0.1) is 6.92 Å². The summed E-state index contributed by atoms with van der Waals surface area (Å²) < 4.78 is 7.37. The van der Waals surface area contributed by atoms with E-state index in [4.69, 9.17) is 4.42 Å². The van der Waals surface area contributed by atoms with Crippen molar-refractivity contribution in [2.75, 3.05) is 17.2 Å². The van der Waals surface area contributed by atoms with Crippen molar-refractivity contribution in [2.45, 2.75) is 25.0 Å². The number of amides is 1. The van der Waals surface area contributed by atoms with Gasteiger partial charge in [-0.25, -0.2) is 4.98 Å². The zero-order valence-electron chi connectivity index (χ0n) is 17.5. The molecule has 1 amide bonds. The van der Waals surface area contributed by atoms with Crippen LogP contribution in [0.25, 0.3) is 22.8 Å². The van der Waals surface area contributed by atoms with Gasteiger partial charge in [0.2, 0.25) is 11.7 Å². The number of rotatable bonds is 7. The predicted molar refractivity (Wildman–Crippen MR) is 127 cm³/mol. The zero-order valence-corrected chi connectivity index (χ0v) is 19.2. The standard InChI is InChI=1S/C23H21N5O2S2/c1-3-9-28-22(20-5-4-11-30-20)25-26-23(28)32-14-21(29)27-10-8-17-12-16(6-7-19(17)27)18-13-31-15(2)24-18/h3-7,11-13H,1,8-10,14H2,2H3. The first-order valence-corrected chi connectivity index (χ1v) is 12.1. The van der Waals surface area contributed by atoms with Gasteiger partial charge in [0.15, 0.2) is 10.9 Å². The summed E-state index contributed by atoms with van der Waals surface area (Å²) in [6, 6.07) is 9.88. The van der Waals surface area contributed by atoms with Crippen LogP contribution in [0.4, 0.5) is 5.69 Å². The number of aryl methyl sites for hydroxylation is 1. The number of allylic oxidation sites excluding steroid dienone is 1. The molecule has 1 aliphatic rings. The molecule has 9 heteroatoms. The topological polar surface area (TPSA) is 77.1 Å². The SMILES string of the molecule is C=CCn1c(SCC(=O)N2CCc3cc(-c4csc(C)n4)ccc32)nnc1-c1ccco1. The van der Waals surface area contributed by atoms with Crippen LogP contribution in [-0.2, 0) is 17.8 Å². The van der Waals surface area contributed by atoms with Crippen molar-refractivity contribution in [1.29, 1.82) is 0 Å². The lowest BCUT2D eigenvalue weighted by Crippen LogP contribution is -2.30. The molecule has 0 fully saturated rings. The summed E-state index contributed by atoms with van der Waals surface area (Å²) in [7, 11) is 0. The normalized spacial score (nSPS) is 12.8. The first kappa shape index (κ1) is 20.7. The number of hydrogen-bond acceptors (Lipinski definition) is 7. The Kier molecular flexibility index (Phi) is 5.67. The Morgan fingerprint density at radius 2 is 2.25 bits per heavy atom. The van der Waals surface area contributed by atoms with Crippen LogP contribution < -0.4 is 4.90 Å². The highest BCUT2D eigenvalue weighted by molar-refractivity contribution is 7.99. The maximum absolute atomic E-state index is 13.0. The summed E-state index contributed by atoms with van der Waals surface area (Å²) in [5.74, 6) is 1.59. The van der Waals surface area contributed by atoms with Crippen LogP contribution in [0.15, 0.2) is 64.2 Å². The lowest BCUT2D eigenvalue weighted by molar-refractivity contribution is -0.116. The fourth-order valence-corrected chi connectivity index (χ4v) is 5.24. The first-order chi connectivity index (χ1) is 15.6. The third-order valence-corrected chi connectivity index (χ3v) is 7.01. The van der Waals surface area contributed by atoms with E-state index >= 15 is 0 Å². The molecule has 0 aliphatic carbocycles. The molecule has 0 bridgehead atoms. The smallest absolute Gasteiger partial charge is 0.237 e. The molecule has 4 heterocycles. The van der Waals surface area contributed by atoms with Crippen LogP contribution in [0.1, 0.15) is 10.6 Å². The molecule has 3 aromatic heterocycles. The summed E-state index contributed by atoms with van der Waals surface area (Å²) in [6.45, 7) is 7.04. The number of anilines is 1. The number of thioether (sulfide) groups is 1. The van der Waals surface area contributed by atoms with Crippen molar-refractivity contribution in [3.63, 3.8) is 0 Å². The van der Waals surface area contributed by atoms with Crippen molar-refractivity contribution in [3.8, 4) is 22.8 Å². The van der Waals surface area contributed by atoms with Gasteiger partial charge in [0.05, 0.1) is 22.7 Å². The van der Waals surface area contributed by atoms with Crippen molar-refractivity contribution in [1.82, 2.24) is 19.7 Å². The summed E-state index contributed by atoms with van der Waals surface area (Å²) >= 11 is 3.02. The Balaban J connectivity index is 1.31. The Labute approximate surface area is 193 Å². The van der Waals surface area contributed by atoms with Gasteiger partial charge in [0.1, 0.15) is 0 Å². The number of thiazole rings is 1. The number of aromatic nitrogens is 4. The summed E-state index contributed by atoms with van der Waals surface area (Å²) in [5, 5.41) is 12.3. The number of benzene rings is 1. The van der Waals surface area contributed by atoms with Crippen LogP contribution in [0.5, 0.6) is 0 Å². The number of hydrogen-bond donors (Lipinski definition) is 0. The van der Waals surface area contributed by atoms with E-state index in [0.29, 0.717) is 29.8 Å². The molecule has 4 aromatic rings. The highest BCUT2D eigenvalue weighted by Gasteiger charge is 2.26. The van der Waals surface area contributed by atoms with E-state index in [1.165, 1.54) is 17.3 Å². The minimum Gasteiger partial charge on any atom is -0.461 e. The molecule has 1 aliphatic heterocycles. The number of carbonyl (C=O) groups is 1. The Morgan fingerprint density at radius 3 is 3.00 bits per heavy atom.